The van der Waals surface area contributed by atoms with Crippen molar-refractivity contribution in [1.29, 1.82) is 0 Å². The number of halogens is 4. The van der Waals surface area contributed by atoms with Crippen LogP contribution in [0.3, 0.4) is 0 Å². The first kappa shape index (κ1) is 23.0. The summed E-state index contributed by atoms with van der Waals surface area (Å²) in [6, 6.07) is 2.18. The first-order valence-corrected chi connectivity index (χ1v) is 11.7. The highest BCUT2D eigenvalue weighted by molar-refractivity contribution is 7.89. The quantitative estimate of drug-likeness (QED) is 0.671. The number of benzene rings is 1. The molecule has 12 heteroatoms. The van der Waals surface area contributed by atoms with Gasteiger partial charge in [0.05, 0.1) is 18.0 Å². The number of ether oxygens (including phenoxy) is 1. The van der Waals surface area contributed by atoms with Gasteiger partial charge >= 0.3 is 6.18 Å². The summed E-state index contributed by atoms with van der Waals surface area (Å²) in [5, 5.41) is 2.92. The molecule has 3 atom stereocenters. The third kappa shape index (κ3) is 4.62. The van der Waals surface area contributed by atoms with Crippen molar-refractivity contribution in [2.75, 3.05) is 25.0 Å². The molecule has 1 N–H and O–H groups in total. The Morgan fingerprint density at radius 1 is 1.22 bits per heavy atom. The van der Waals surface area contributed by atoms with Gasteiger partial charge in [-0.1, -0.05) is 0 Å². The molecule has 176 valence electrons. The summed E-state index contributed by atoms with van der Waals surface area (Å²) in [6.07, 6.45) is 0.289. The number of aryl methyl sites for hydroxylation is 1. The minimum absolute atomic E-state index is 0.0299. The van der Waals surface area contributed by atoms with Crippen molar-refractivity contribution in [3.05, 3.63) is 42.1 Å². The molecule has 0 spiro atoms. The van der Waals surface area contributed by atoms with Gasteiger partial charge in [0.25, 0.3) is 10.0 Å². The summed E-state index contributed by atoms with van der Waals surface area (Å²) in [5.74, 6) is -1.64. The van der Waals surface area contributed by atoms with Crippen LogP contribution in [0.1, 0.15) is 24.8 Å². The van der Waals surface area contributed by atoms with E-state index in [4.69, 9.17) is 4.74 Å². The van der Waals surface area contributed by atoms with Gasteiger partial charge in [0.15, 0.2) is 5.03 Å². The first-order valence-electron chi connectivity index (χ1n) is 10.3. The molecule has 3 heterocycles. The van der Waals surface area contributed by atoms with Gasteiger partial charge in [0.2, 0.25) is 0 Å². The summed E-state index contributed by atoms with van der Waals surface area (Å²) in [6.45, 7) is 0.729. The molecule has 2 saturated heterocycles. The zero-order valence-electron chi connectivity index (χ0n) is 17.3. The van der Waals surface area contributed by atoms with E-state index in [0.717, 1.165) is 25.3 Å². The molecule has 0 radical (unpaired) electrons. The van der Waals surface area contributed by atoms with E-state index in [9.17, 15) is 26.0 Å². The maximum Gasteiger partial charge on any atom is 0.419 e. The molecule has 2 aliphatic heterocycles. The molecule has 0 saturated carbocycles. The van der Waals surface area contributed by atoms with Crippen molar-refractivity contribution in [1.82, 2.24) is 13.9 Å². The van der Waals surface area contributed by atoms with Crippen molar-refractivity contribution in [3.8, 4) is 0 Å². The molecular weight excluding hydrogens is 452 g/mol. The highest BCUT2D eigenvalue weighted by Crippen LogP contribution is 2.36. The van der Waals surface area contributed by atoms with Gasteiger partial charge in [-0.3, -0.25) is 0 Å². The lowest BCUT2D eigenvalue weighted by molar-refractivity contribution is -0.139. The maximum absolute atomic E-state index is 13.7. The zero-order chi connectivity index (χ0) is 23.1. The average Bonchev–Trinajstić information content (AvgIpc) is 3.36. The second kappa shape index (κ2) is 8.64. The number of hydrogen-bond donors (Lipinski definition) is 1. The van der Waals surface area contributed by atoms with Crippen LogP contribution in [-0.4, -0.2) is 54.1 Å². The van der Waals surface area contributed by atoms with Crippen molar-refractivity contribution in [3.63, 3.8) is 0 Å². The molecule has 1 aromatic heterocycles. The van der Waals surface area contributed by atoms with E-state index in [-0.39, 0.29) is 35.8 Å². The van der Waals surface area contributed by atoms with E-state index in [2.05, 4.69) is 10.3 Å². The normalized spacial score (nSPS) is 25.2. The molecule has 0 amide bonds. The van der Waals surface area contributed by atoms with Crippen LogP contribution in [0.15, 0.2) is 35.7 Å². The van der Waals surface area contributed by atoms with Crippen molar-refractivity contribution in [2.45, 2.75) is 42.6 Å². The highest BCUT2D eigenvalue weighted by Gasteiger charge is 2.44. The van der Waals surface area contributed by atoms with Crippen molar-refractivity contribution < 1.29 is 30.7 Å². The predicted molar refractivity (Wildman–Crippen MR) is 108 cm³/mol. The van der Waals surface area contributed by atoms with E-state index in [1.54, 1.807) is 7.05 Å². The van der Waals surface area contributed by atoms with E-state index < -0.39 is 33.6 Å². The van der Waals surface area contributed by atoms with Crippen LogP contribution in [0.2, 0.25) is 0 Å². The van der Waals surface area contributed by atoms with Crippen LogP contribution in [0, 0.1) is 11.7 Å². The summed E-state index contributed by atoms with van der Waals surface area (Å²) >= 11 is 0. The number of nitrogens with zero attached hydrogens (tertiary/aromatic N) is 3. The standard InChI is InChI=1S/C20H24F4N4O3S/c1-27-11-19(25-12-27)32(29,30)28-9-14(18-4-2-3-7-31-18)17(10-28)26-13-5-6-16(21)15(8-13)20(22,23)24/h5-6,8,11-12,14,17-18,26H,2-4,7,9-10H2,1H3. The van der Waals surface area contributed by atoms with Gasteiger partial charge in [-0.15, -0.1) is 0 Å². The fourth-order valence-corrected chi connectivity index (χ4v) is 5.79. The number of hydrogen-bond acceptors (Lipinski definition) is 5. The Kier molecular flexibility index (Phi) is 6.21. The van der Waals surface area contributed by atoms with Crippen molar-refractivity contribution in [2.24, 2.45) is 13.0 Å². The number of imidazole rings is 1. The summed E-state index contributed by atoms with van der Waals surface area (Å²) in [7, 11) is -2.23. The number of nitrogens with one attached hydrogen (secondary N) is 1. The topological polar surface area (TPSA) is 76.5 Å². The molecule has 4 rings (SSSR count). The molecule has 0 aliphatic carbocycles. The third-order valence-corrected chi connectivity index (χ3v) is 7.65. The summed E-state index contributed by atoms with van der Waals surface area (Å²) < 4.78 is 87.9. The van der Waals surface area contributed by atoms with E-state index >= 15 is 0 Å². The maximum atomic E-state index is 13.7. The minimum atomic E-state index is -4.84. The van der Waals surface area contributed by atoms with Gasteiger partial charge in [-0.2, -0.15) is 17.5 Å². The second-order valence-corrected chi connectivity index (χ2v) is 10.1. The summed E-state index contributed by atoms with van der Waals surface area (Å²) in [4.78, 5) is 3.94. The van der Waals surface area contributed by atoms with Crippen LogP contribution in [0.4, 0.5) is 23.2 Å². The van der Waals surface area contributed by atoms with Gasteiger partial charge < -0.3 is 14.6 Å². The predicted octanol–water partition coefficient (Wildman–Crippen LogP) is 3.25. The number of aromatic nitrogens is 2. The van der Waals surface area contributed by atoms with Gasteiger partial charge in [-0.05, 0) is 37.5 Å². The van der Waals surface area contributed by atoms with Crippen LogP contribution < -0.4 is 5.32 Å². The van der Waals surface area contributed by atoms with E-state index in [1.807, 2.05) is 0 Å². The van der Waals surface area contributed by atoms with Gasteiger partial charge in [0.1, 0.15) is 5.82 Å². The molecule has 0 bridgehead atoms. The highest BCUT2D eigenvalue weighted by atomic mass is 32.2. The van der Waals surface area contributed by atoms with Crippen LogP contribution >= 0.6 is 0 Å². The lowest BCUT2D eigenvalue weighted by atomic mass is 9.91. The Morgan fingerprint density at radius 3 is 2.62 bits per heavy atom. The lowest BCUT2D eigenvalue weighted by Gasteiger charge is -2.31. The first-order chi connectivity index (χ1) is 15.1. The molecule has 2 aromatic rings. The smallest absolute Gasteiger partial charge is 0.381 e. The second-order valence-electron chi connectivity index (χ2n) is 8.21. The van der Waals surface area contributed by atoms with Gasteiger partial charge in [-0.25, -0.2) is 17.8 Å². The number of sulfonamides is 1. The van der Waals surface area contributed by atoms with Crippen molar-refractivity contribution >= 4 is 15.7 Å². The molecule has 2 aliphatic rings. The Bertz CT molecular complexity index is 1070. The summed E-state index contributed by atoms with van der Waals surface area (Å²) in [5.41, 5.74) is -1.30. The average molecular weight is 476 g/mol. The minimum Gasteiger partial charge on any atom is -0.381 e. The fourth-order valence-electron chi connectivity index (χ4n) is 4.32. The molecule has 1 aromatic carbocycles. The van der Waals surface area contributed by atoms with Gasteiger partial charge in [0, 0.05) is 50.6 Å². The Balaban J connectivity index is 1.61. The third-order valence-electron chi connectivity index (χ3n) is 5.93. The fraction of sp³-hybridized carbons (Fsp3) is 0.550. The van der Waals surface area contributed by atoms with Crippen LogP contribution in [0.25, 0.3) is 0 Å². The largest absolute Gasteiger partial charge is 0.419 e. The molecule has 32 heavy (non-hydrogen) atoms. The SMILES string of the molecule is Cn1cnc(S(=O)(=O)N2CC(Nc3ccc(F)c(C(F)(F)F)c3)C(C3CCCCO3)C2)c1. The Morgan fingerprint density at radius 2 is 2.00 bits per heavy atom. The lowest BCUT2D eigenvalue weighted by Crippen LogP contribution is -2.39. The Labute approximate surface area is 183 Å². The number of rotatable bonds is 5. The number of anilines is 1. The Hall–Kier alpha value is -2.18. The zero-order valence-corrected chi connectivity index (χ0v) is 18.2. The number of alkyl halides is 3. The molecular formula is C20H24F4N4O3S. The van der Waals surface area contributed by atoms with Crippen LogP contribution in [-0.2, 0) is 28.0 Å². The molecule has 7 nitrogen and oxygen atoms in total. The molecule has 2 fully saturated rings. The van der Waals surface area contributed by atoms with Crippen LogP contribution in [0.5, 0.6) is 0 Å². The van der Waals surface area contributed by atoms with E-state index in [1.165, 1.54) is 27.5 Å². The molecule has 3 unspecified atom stereocenters. The van der Waals surface area contributed by atoms with E-state index in [0.29, 0.717) is 12.7 Å². The monoisotopic (exact) mass is 476 g/mol.